The van der Waals surface area contributed by atoms with Crippen molar-refractivity contribution in [2.75, 3.05) is 29.4 Å². The Labute approximate surface area is 190 Å². The number of nitrogens with zero attached hydrogens (tertiary/aromatic N) is 7. The third-order valence-electron chi connectivity index (χ3n) is 6.03. The van der Waals surface area contributed by atoms with Gasteiger partial charge in [-0.1, -0.05) is 19.0 Å². The van der Waals surface area contributed by atoms with E-state index in [1.807, 2.05) is 24.8 Å². The van der Waals surface area contributed by atoms with E-state index >= 15 is 0 Å². The summed E-state index contributed by atoms with van der Waals surface area (Å²) in [6.45, 7) is 6.14. The highest BCUT2D eigenvalue weighted by molar-refractivity contribution is 5.68. The minimum atomic E-state index is -0.447. The molecule has 33 heavy (non-hydrogen) atoms. The number of aromatic nitrogens is 4. The third-order valence-corrected chi connectivity index (χ3v) is 6.03. The van der Waals surface area contributed by atoms with Gasteiger partial charge in [0.25, 0.3) is 0 Å². The van der Waals surface area contributed by atoms with Gasteiger partial charge in [-0.2, -0.15) is 10.2 Å². The van der Waals surface area contributed by atoms with Crippen LogP contribution in [0.15, 0.2) is 29.0 Å². The van der Waals surface area contributed by atoms with Crippen LogP contribution in [-0.2, 0) is 6.42 Å². The molecular formula is C23H24FN7O2. The number of ether oxygens (including phenoxy) is 1. The lowest BCUT2D eigenvalue weighted by molar-refractivity contribution is 0.160. The first-order valence-corrected chi connectivity index (χ1v) is 11.1. The maximum absolute atomic E-state index is 14.6. The molecule has 0 N–H and O–H groups in total. The van der Waals surface area contributed by atoms with Gasteiger partial charge in [0.15, 0.2) is 5.82 Å². The van der Waals surface area contributed by atoms with E-state index in [2.05, 4.69) is 25.0 Å². The van der Waals surface area contributed by atoms with E-state index in [0.29, 0.717) is 42.2 Å². The van der Waals surface area contributed by atoms with Crippen LogP contribution in [0.25, 0.3) is 0 Å². The predicted octanol–water partition coefficient (Wildman–Crippen LogP) is 3.74. The average molecular weight is 449 g/mol. The number of nitriles is 1. The average Bonchev–Trinajstić information content (AvgIpc) is 3.48. The summed E-state index contributed by atoms with van der Waals surface area (Å²) in [5, 5.41) is 13.0. The lowest BCUT2D eigenvalue weighted by Gasteiger charge is -2.30. The van der Waals surface area contributed by atoms with E-state index in [-0.39, 0.29) is 17.6 Å². The van der Waals surface area contributed by atoms with Gasteiger partial charge >= 0.3 is 6.01 Å². The minimum Gasteiger partial charge on any atom is -0.474 e. The highest BCUT2D eigenvalue weighted by Crippen LogP contribution is 2.38. The molecule has 0 atom stereocenters. The number of piperidine rings is 1. The molecule has 5 rings (SSSR count). The first-order valence-electron chi connectivity index (χ1n) is 11.1. The Morgan fingerprint density at radius 2 is 2.03 bits per heavy atom. The monoisotopic (exact) mass is 449 g/mol. The zero-order chi connectivity index (χ0) is 22.9. The van der Waals surface area contributed by atoms with Crippen molar-refractivity contribution in [2.24, 2.45) is 0 Å². The van der Waals surface area contributed by atoms with Crippen molar-refractivity contribution in [3.63, 3.8) is 0 Å². The van der Waals surface area contributed by atoms with E-state index in [4.69, 9.17) is 14.5 Å². The maximum Gasteiger partial charge on any atom is 0.324 e. The van der Waals surface area contributed by atoms with Crippen LogP contribution in [0, 0.1) is 17.1 Å². The van der Waals surface area contributed by atoms with Gasteiger partial charge in [-0.25, -0.2) is 14.4 Å². The Kier molecular flexibility index (Phi) is 5.54. The van der Waals surface area contributed by atoms with Gasteiger partial charge in [-0.3, -0.25) is 0 Å². The van der Waals surface area contributed by atoms with Crippen LogP contribution in [0.2, 0.25) is 0 Å². The van der Waals surface area contributed by atoms with Gasteiger partial charge in [0, 0.05) is 38.4 Å². The fraction of sp³-hybridized carbons (Fsp3) is 0.435. The summed E-state index contributed by atoms with van der Waals surface area (Å²) in [7, 11) is 0. The van der Waals surface area contributed by atoms with Gasteiger partial charge in [-0.05, 0) is 24.6 Å². The molecule has 0 amide bonds. The zero-order valence-corrected chi connectivity index (χ0v) is 18.5. The zero-order valence-electron chi connectivity index (χ0n) is 18.5. The van der Waals surface area contributed by atoms with Crippen LogP contribution in [0.5, 0.6) is 5.88 Å². The summed E-state index contributed by atoms with van der Waals surface area (Å²) >= 11 is 0. The second-order valence-corrected chi connectivity index (χ2v) is 8.55. The van der Waals surface area contributed by atoms with Crippen molar-refractivity contribution in [3.8, 4) is 11.9 Å². The van der Waals surface area contributed by atoms with Gasteiger partial charge in [0.05, 0.1) is 22.9 Å². The van der Waals surface area contributed by atoms with Crippen LogP contribution >= 0.6 is 0 Å². The van der Waals surface area contributed by atoms with Crippen molar-refractivity contribution in [1.82, 2.24) is 20.1 Å². The summed E-state index contributed by atoms with van der Waals surface area (Å²) in [5.41, 5.74) is 1.56. The Morgan fingerprint density at radius 3 is 2.73 bits per heavy atom. The number of halogens is 1. The first kappa shape index (κ1) is 21.1. The fourth-order valence-corrected chi connectivity index (χ4v) is 4.21. The molecule has 9 nitrogen and oxygen atoms in total. The van der Waals surface area contributed by atoms with Crippen LogP contribution in [0.3, 0.4) is 0 Å². The van der Waals surface area contributed by atoms with Crippen LogP contribution < -0.4 is 14.5 Å². The van der Waals surface area contributed by atoms with Crippen LogP contribution in [0.1, 0.15) is 49.6 Å². The second-order valence-electron chi connectivity index (χ2n) is 8.55. The molecule has 0 aliphatic carbocycles. The van der Waals surface area contributed by atoms with E-state index in [0.717, 1.165) is 31.5 Å². The van der Waals surface area contributed by atoms with Crippen molar-refractivity contribution in [3.05, 3.63) is 47.3 Å². The molecule has 2 aromatic heterocycles. The molecule has 1 aromatic carbocycles. The predicted molar refractivity (Wildman–Crippen MR) is 118 cm³/mol. The molecule has 10 heteroatoms. The molecule has 1 fully saturated rings. The molecular weight excluding hydrogens is 425 g/mol. The molecule has 2 aliphatic rings. The molecule has 3 aromatic rings. The van der Waals surface area contributed by atoms with Crippen molar-refractivity contribution in [1.29, 1.82) is 5.26 Å². The van der Waals surface area contributed by atoms with Crippen molar-refractivity contribution >= 4 is 17.5 Å². The summed E-state index contributed by atoms with van der Waals surface area (Å²) in [6.07, 6.45) is 3.71. The Balaban J connectivity index is 1.27. The molecule has 0 bridgehead atoms. The molecule has 0 radical (unpaired) electrons. The van der Waals surface area contributed by atoms with E-state index in [1.54, 1.807) is 12.1 Å². The summed E-state index contributed by atoms with van der Waals surface area (Å²) in [6, 6.07) is 6.98. The second kappa shape index (κ2) is 8.65. The minimum absolute atomic E-state index is 0.00781. The van der Waals surface area contributed by atoms with E-state index < -0.39 is 5.82 Å². The normalized spacial score (nSPS) is 16.2. The van der Waals surface area contributed by atoms with Gasteiger partial charge in [0.1, 0.15) is 24.1 Å². The molecule has 0 unspecified atom stereocenters. The van der Waals surface area contributed by atoms with Crippen molar-refractivity contribution < 1.29 is 13.7 Å². The first-order chi connectivity index (χ1) is 16.0. The molecule has 1 saturated heterocycles. The number of anilines is 3. The number of fused-ring (bicyclic) bond motifs is 1. The van der Waals surface area contributed by atoms with E-state index in [9.17, 15) is 4.39 Å². The van der Waals surface area contributed by atoms with Crippen LogP contribution in [-0.4, -0.2) is 45.8 Å². The van der Waals surface area contributed by atoms with Crippen LogP contribution in [0.4, 0.5) is 21.9 Å². The smallest absolute Gasteiger partial charge is 0.324 e. The lowest BCUT2D eigenvalue weighted by atomic mass is 10.1. The SMILES string of the molecule is CC(C)c1noc(N2CCC(Oc3ncnc4c3CCN4c3ccc(C#N)cc3F)CC2)n1. The van der Waals surface area contributed by atoms with E-state index in [1.165, 1.54) is 12.4 Å². The Hall–Kier alpha value is -3.74. The summed E-state index contributed by atoms with van der Waals surface area (Å²) < 4.78 is 26.3. The topological polar surface area (TPSA) is 104 Å². The third kappa shape index (κ3) is 4.06. The molecule has 4 heterocycles. The molecule has 0 saturated carbocycles. The number of hydrogen-bond donors (Lipinski definition) is 0. The molecule has 170 valence electrons. The quantitative estimate of drug-likeness (QED) is 0.576. The van der Waals surface area contributed by atoms with Crippen molar-refractivity contribution in [2.45, 2.75) is 45.1 Å². The van der Waals surface area contributed by atoms with Gasteiger partial charge < -0.3 is 19.1 Å². The van der Waals surface area contributed by atoms with Gasteiger partial charge in [-0.15, -0.1) is 0 Å². The molecule has 0 spiro atoms. The highest BCUT2D eigenvalue weighted by Gasteiger charge is 2.30. The Bertz CT molecular complexity index is 1200. The fourth-order valence-electron chi connectivity index (χ4n) is 4.21. The largest absolute Gasteiger partial charge is 0.474 e. The maximum atomic E-state index is 14.6. The number of rotatable bonds is 5. The standard InChI is InChI=1S/C23H24FN7O2/c1-14(2)20-28-23(33-29-20)30-8-5-16(6-9-30)32-22-17-7-10-31(21(17)26-13-27-22)19-4-3-15(12-25)11-18(19)24/h3-4,11,13-14,16H,5-10H2,1-2H3. The Morgan fingerprint density at radius 1 is 1.21 bits per heavy atom. The molecule has 2 aliphatic heterocycles. The lowest BCUT2D eigenvalue weighted by Crippen LogP contribution is -2.38. The highest BCUT2D eigenvalue weighted by atomic mass is 19.1. The summed E-state index contributed by atoms with van der Waals surface area (Å²) in [4.78, 5) is 17.1. The van der Waals surface area contributed by atoms with Gasteiger partial charge in [0.2, 0.25) is 5.88 Å². The number of benzene rings is 1. The summed E-state index contributed by atoms with van der Waals surface area (Å²) in [5.74, 6) is 1.68. The number of hydrogen-bond acceptors (Lipinski definition) is 9.